The van der Waals surface area contributed by atoms with E-state index in [0.29, 0.717) is 28.6 Å². The summed E-state index contributed by atoms with van der Waals surface area (Å²) >= 11 is 12.5. The molecule has 0 saturated heterocycles. The molecule has 2 atom stereocenters. The molecule has 0 fully saturated rings. The molecule has 0 aliphatic carbocycles. The van der Waals surface area contributed by atoms with Crippen LogP contribution in [0.4, 0.5) is 0 Å². The lowest BCUT2D eigenvalue weighted by molar-refractivity contribution is -0.0160. The van der Waals surface area contributed by atoms with Gasteiger partial charge in [-0.3, -0.25) is 4.98 Å². The smallest absolute Gasteiger partial charge is 0.154 e. The molecule has 2 unspecified atom stereocenters. The van der Waals surface area contributed by atoms with Crippen LogP contribution in [0.1, 0.15) is 43.7 Å². The highest BCUT2D eigenvalue weighted by Gasteiger charge is 2.44. The SMILES string of the molecule is C=C(OCC)C(O)(c1cccnc1)C(CCC)c1ccc(Cl)cc1Cl. The molecule has 0 aliphatic heterocycles. The maximum absolute atomic E-state index is 11.8. The Morgan fingerprint density at radius 2 is 2.08 bits per heavy atom. The van der Waals surface area contributed by atoms with E-state index in [0.717, 1.165) is 12.0 Å². The number of aliphatic hydroxyl groups is 1. The molecule has 1 aromatic carbocycles. The quantitative estimate of drug-likeness (QED) is 0.597. The van der Waals surface area contributed by atoms with Crippen LogP contribution in [-0.2, 0) is 10.3 Å². The van der Waals surface area contributed by atoms with Gasteiger partial charge in [0.25, 0.3) is 0 Å². The molecule has 1 N–H and O–H groups in total. The standard InChI is InChI=1S/C20H23Cl2NO2/c1-4-7-18(17-10-9-16(21)12-19(17)22)20(24,14(3)25-5-2)15-8-6-11-23-13-15/h6,8-13,18,24H,3-5,7H2,1-2H3. The van der Waals surface area contributed by atoms with Gasteiger partial charge in [-0.2, -0.15) is 0 Å². The fourth-order valence-electron chi connectivity index (χ4n) is 3.09. The van der Waals surface area contributed by atoms with E-state index in [1.165, 1.54) is 0 Å². The summed E-state index contributed by atoms with van der Waals surface area (Å²) in [6.45, 7) is 8.33. The van der Waals surface area contributed by atoms with E-state index in [2.05, 4.69) is 18.5 Å². The zero-order chi connectivity index (χ0) is 18.4. The highest BCUT2D eigenvalue weighted by Crippen LogP contribution is 2.47. The molecule has 5 heteroatoms. The van der Waals surface area contributed by atoms with Crippen molar-refractivity contribution in [3.8, 4) is 0 Å². The second-order valence-corrected chi connectivity index (χ2v) is 6.72. The number of halogens is 2. The summed E-state index contributed by atoms with van der Waals surface area (Å²) in [5.41, 5.74) is -0.0179. The minimum atomic E-state index is -1.45. The van der Waals surface area contributed by atoms with Crippen LogP contribution in [0.5, 0.6) is 0 Å². The van der Waals surface area contributed by atoms with Crippen LogP contribution >= 0.6 is 23.2 Å². The first-order chi connectivity index (χ1) is 11.9. The van der Waals surface area contributed by atoms with Crippen LogP contribution in [0.25, 0.3) is 0 Å². The molecule has 1 heterocycles. The van der Waals surface area contributed by atoms with E-state index in [1.807, 2.05) is 19.1 Å². The summed E-state index contributed by atoms with van der Waals surface area (Å²) in [5.74, 6) is -0.0574. The highest BCUT2D eigenvalue weighted by atomic mass is 35.5. The molecule has 0 saturated carbocycles. The predicted molar refractivity (Wildman–Crippen MR) is 103 cm³/mol. The highest BCUT2D eigenvalue weighted by molar-refractivity contribution is 6.35. The van der Waals surface area contributed by atoms with Crippen LogP contribution in [0.15, 0.2) is 55.1 Å². The van der Waals surface area contributed by atoms with E-state index < -0.39 is 5.60 Å². The minimum Gasteiger partial charge on any atom is -0.495 e. The summed E-state index contributed by atoms with van der Waals surface area (Å²) in [6, 6.07) is 8.92. The first kappa shape index (κ1) is 19.8. The largest absolute Gasteiger partial charge is 0.495 e. The fourth-order valence-corrected chi connectivity index (χ4v) is 3.63. The molecular formula is C20H23Cl2NO2. The fraction of sp³-hybridized carbons (Fsp3) is 0.350. The van der Waals surface area contributed by atoms with Crippen molar-refractivity contribution >= 4 is 23.2 Å². The Labute approximate surface area is 159 Å². The van der Waals surface area contributed by atoms with Crippen LogP contribution in [0, 0.1) is 0 Å². The van der Waals surface area contributed by atoms with E-state index in [-0.39, 0.29) is 11.7 Å². The van der Waals surface area contributed by atoms with Gasteiger partial charge in [0.05, 0.1) is 6.61 Å². The Hall–Kier alpha value is -1.55. The van der Waals surface area contributed by atoms with Crippen LogP contribution < -0.4 is 0 Å². The molecule has 0 aliphatic rings. The summed E-state index contributed by atoms with van der Waals surface area (Å²) < 4.78 is 5.63. The second-order valence-electron chi connectivity index (χ2n) is 5.87. The normalized spacial score (nSPS) is 14.6. The third kappa shape index (κ3) is 4.17. The summed E-state index contributed by atoms with van der Waals surface area (Å²) in [4.78, 5) is 4.16. The lowest BCUT2D eigenvalue weighted by Crippen LogP contribution is -2.37. The van der Waals surface area contributed by atoms with Gasteiger partial charge in [0.15, 0.2) is 5.60 Å². The van der Waals surface area contributed by atoms with E-state index >= 15 is 0 Å². The number of benzene rings is 1. The van der Waals surface area contributed by atoms with Gasteiger partial charge in [-0.1, -0.05) is 55.3 Å². The van der Waals surface area contributed by atoms with Gasteiger partial charge in [-0.25, -0.2) is 0 Å². The zero-order valence-electron chi connectivity index (χ0n) is 14.5. The predicted octanol–water partition coefficient (Wildman–Crippen LogP) is 5.71. The number of pyridine rings is 1. The van der Waals surface area contributed by atoms with Crippen LogP contribution in [0.2, 0.25) is 10.0 Å². The maximum atomic E-state index is 11.8. The topological polar surface area (TPSA) is 42.4 Å². The Morgan fingerprint density at radius 3 is 2.64 bits per heavy atom. The van der Waals surface area contributed by atoms with Crippen molar-refractivity contribution < 1.29 is 9.84 Å². The molecule has 134 valence electrons. The molecule has 0 spiro atoms. The Kier molecular flexibility index (Phi) is 6.88. The van der Waals surface area contributed by atoms with Gasteiger partial charge >= 0.3 is 0 Å². The third-order valence-corrected chi connectivity index (χ3v) is 4.83. The van der Waals surface area contributed by atoms with Crippen molar-refractivity contribution in [2.75, 3.05) is 6.61 Å². The van der Waals surface area contributed by atoms with Gasteiger partial charge in [0, 0.05) is 33.9 Å². The van der Waals surface area contributed by atoms with E-state index in [1.54, 1.807) is 30.6 Å². The number of nitrogens with zero attached hydrogens (tertiary/aromatic N) is 1. The lowest BCUT2D eigenvalue weighted by atomic mass is 9.74. The second kappa shape index (κ2) is 8.70. The third-order valence-electron chi connectivity index (χ3n) is 4.26. The van der Waals surface area contributed by atoms with Gasteiger partial charge in [-0.05, 0) is 37.1 Å². The Morgan fingerprint density at radius 1 is 1.32 bits per heavy atom. The van der Waals surface area contributed by atoms with Crippen molar-refractivity contribution in [2.24, 2.45) is 0 Å². The van der Waals surface area contributed by atoms with Crippen molar-refractivity contribution in [1.29, 1.82) is 0 Å². The first-order valence-electron chi connectivity index (χ1n) is 8.35. The van der Waals surface area contributed by atoms with Crippen molar-refractivity contribution in [3.05, 3.63) is 76.2 Å². The summed E-state index contributed by atoms with van der Waals surface area (Å²) in [7, 11) is 0. The monoisotopic (exact) mass is 379 g/mol. The van der Waals surface area contributed by atoms with Gasteiger partial charge in [-0.15, -0.1) is 0 Å². The van der Waals surface area contributed by atoms with Crippen molar-refractivity contribution in [3.63, 3.8) is 0 Å². The Bertz CT molecular complexity index is 721. The van der Waals surface area contributed by atoms with E-state index in [4.69, 9.17) is 27.9 Å². The Balaban J connectivity index is 2.64. The van der Waals surface area contributed by atoms with Gasteiger partial charge in [0.2, 0.25) is 0 Å². The number of hydrogen-bond acceptors (Lipinski definition) is 3. The number of ether oxygens (including phenoxy) is 1. The van der Waals surface area contributed by atoms with Gasteiger partial charge < -0.3 is 9.84 Å². The molecule has 25 heavy (non-hydrogen) atoms. The first-order valence-corrected chi connectivity index (χ1v) is 9.10. The minimum absolute atomic E-state index is 0.285. The molecule has 0 amide bonds. The van der Waals surface area contributed by atoms with Crippen molar-refractivity contribution in [1.82, 2.24) is 4.98 Å². The van der Waals surface area contributed by atoms with Crippen LogP contribution in [-0.4, -0.2) is 16.7 Å². The summed E-state index contributed by atoms with van der Waals surface area (Å²) in [6.07, 6.45) is 4.85. The zero-order valence-corrected chi connectivity index (χ0v) is 16.0. The number of rotatable bonds is 8. The maximum Gasteiger partial charge on any atom is 0.154 e. The molecule has 0 bridgehead atoms. The summed E-state index contributed by atoms with van der Waals surface area (Å²) in [5, 5.41) is 12.8. The van der Waals surface area contributed by atoms with Gasteiger partial charge in [0.1, 0.15) is 5.76 Å². The van der Waals surface area contributed by atoms with Crippen LogP contribution in [0.3, 0.4) is 0 Å². The molecule has 0 radical (unpaired) electrons. The number of hydrogen-bond donors (Lipinski definition) is 1. The molecule has 1 aromatic heterocycles. The number of aromatic nitrogens is 1. The van der Waals surface area contributed by atoms with Crippen molar-refractivity contribution in [2.45, 2.75) is 38.2 Å². The molecule has 3 nitrogen and oxygen atoms in total. The average molecular weight is 380 g/mol. The molecule has 2 rings (SSSR count). The average Bonchev–Trinajstić information content (AvgIpc) is 2.60. The lowest BCUT2D eigenvalue weighted by Gasteiger charge is -2.38. The molecular weight excluding hydrogens is 357 g/mol. The van der Waals surface area contributed by atoms with E-state index in [9.17, 15) is 5.11 Å². The molecule has 2 aromatic rings.